The summed E-state index contributed by atoms with van der Waals surface area (Å²) in [6.45, 7) is 0.249. The maximum Gasteiger partial charge on any atom is 0.238 e. The molecule has 20 heavy (non-hydrogen) atoms. The van der Waals surface area contributed by atoms with E-state index >= 15 is 0 Å². The highest BCUT2D eigenvalue weighted by atomic mass is 16.2. The third-order valence-electron chi connectivity index (χ3n) is 2.16. The van der Waals surface area contributed by atoms with Gasteiger partial charge in [0.05, 0.1) is 17.9 Å². The number of benzene rings is 1. The zero-order valence-corrected chi connectivity index (χ0v) is 11.2. The number of carbonyl (C=O) groups is 1. The van der Waals surface area contributed by atoms with E-state index in [-0.39, 0.29) is 18.2 Å². The van der Waals surface area contributed by atoms with Crippen LogP contribution < -0.4 is 10.7 Å². The van der Waals surface area contributed by atoms with Crippen LogP contribution >= 0.6 is 0 Å². The van der Waals surface area contributed by atoms with Gasteiger partial charge < -0.3 is 10.2 Å². The molecule has 1 rings (SSSR count). The number of likely N-dealkylation sites (N-methyl/N-ethyl adjacent to an activating group) is 1. The maximum atomic E-state index is 11.7. The predicted molar refractivity (Wildman–Crippen MR) is 75.9 cm³/mol. The molecule has 2 N–H and O–H groups in total. The van der Waals surface area contributed by atoms with Crippen molar-refractivity contribution in [3.05, 3.63) is 24.3 Å². The van der Waals surface area contributed by atoms with Crippen molar-refractivity contribution >= 4 is 23.0 Å². The largest absolute Gasteiger partial charge is 0.323 e. The average Bonchev–Trinajstić information content (AvgIpc) is 2.40. The van der Waals surface area contributed by atoms with Crippen molar-refractivity contribution in [2.45, 2.75) is 0 Å². The number of para-hydroxylation sites is 2. The third kappa shape index (κ3) is 4.77. The number of hydrogen-bond donors (Lipinski definition) is 2. The maximum absolute atomic E-state index is 11.7. The van der Waals surface area contributed by atoms with Crippen LogP contribution in [0.5, 0.6) is 0 Å². The summed E-state index contributed by atoms with van der Waals surface area (Å²) < 4.78 is 0. The van der Waals surface area contributed by atoms with Crippen molar-refractivity contribution in [2.75, 3.05) is 31.4 Å². The monoisotopic (exact) mass is 270 g/mol. The zero-order valence-electron chi connectivity index (χ0n) is 11.2. The van der Waals surface area contributed by atoms with Crippen LogP contribution in [0.15, 0.2) is 29.4 Å². The fourth-order valence-electron chi connectivity index (χ4n) is 1.36. The summed E-state index contributed by atoms with van der Waals surface area (Å²) in [7, 11) is 3.58. The van der Waals surface area contributed by atoms with Gasteiger partial charge in [-0.1, -0.05) is 12.1 Å². The lowest BCUT2D eigenvalue weighted by molar-refractivity contribution is -0.116. The lowest BCUT2D eigenvalue weighted by Gasteiger charge is -2.12. The van der Waals surface area contributed by atoms with Gasteiger partial charge in [-0.25, -0.2) is 0 Å². The molecule has 0 unspecified atom stereocenters. The van der Waals surface area contributed by atoms with Gasteiger partial charge in [0.25, 0.3) is 0 Å². The summed E-state index contributed by atoms with van der Waals surface area (Å²) >= 11 is 0. The molecule has 1 aromatic rings. The minimum absolute atomic E-state index is 0.172. The molecule has 1 aromatic carbocycles. The van der Waals surface area contributed by atoms with Gasteiger partial charge >= 0.3 is 0 Å². The highest BCUT2D eigenvalue weighted by Crippen LogP contribution is 2.20. The van der Waals surface area contributed by atoms with Crippen molar-refractivity contribution in [1.82, 2.24) is 4.90 Å². The number of hydrogen-bond acceptors (Lipinski definition) is 6. The first-order chi connectivity index (χ1) is 9.56. The molecule has 0 heterocycles. The topological polar surface area (TPSA) is 104 Å². The van der Waals surface area contributed by atoms with Gasteiger partial charge in [-0.15, -0.1) is 0 Å². The van der Waals surface area contributed by atoms with E-state index in [1.165, 1.54) is 0 Å². The Bertz CT molecular complexity index is 578. The number of anilines is 2. The zero-order chi connectivity index (χ0) is 15.0. The van der Waals surface area contributed by atoms with Gasteiger partial charge in [-0.2, -0.15) is 15.6 Å². The summed E-state index contributed by atoms with van der Waals surface area (Å²) in [6, 6.07) is 10.2. The second kappa shape index (κ2) is 7.52. The van der Waals surface area contributed by atoms with E-state index in [9.17, 15) is 4.79 Å². The Labute approximate surface area is 117 Å². The summed E-state index contributed by atoms with van der Waals surface area (Å²) in [5.41, 5.74) is 3.32. The smallest absolute Gasteiger partial charge is 0.238 e. The molecule has 0 bridgehead atoms. The Morgan fingerprint density at radius 2 is 1.85 bits per heavy atom. The molecule has 0 atom stereocenters. The van der Waals surface area contributed by atoms with Gasteiger partial charge in [-0.3, -0.25) is 10.2 Å². The van der Waals surface area contributed by atoms with Gasteiger partial charge in [0, 0.05) is 0 Å². The number of amides is 1. The van der Waals surface area contributed by atoms with Gasteiger partial charge in [0.15, 0.2) is 0 Å². The Morgan fingerprint density at radius 3 is 2.40 bits per heavy atom. The molecule has 0 radical (unpaired) electrons. The summed E-state index contributed by atoms with van der Waals surface area (Å²) in [6.07, 6.45) is 0. The number of rotatable bonds is 5. The summed E-state index contributed by atoms with van der Waals surface area (Å²) in [5, 5.41) is 23.6. The minimum Gasteiger partial charge on any atom is -0.323 e. The van der Waals surface area contributed by atoms with E-state index in [0.717, 1.165) is 0 Å². The molecule has 0 saturated heterocycles. The molecule has 0 aliphatic heterocycles. The summed E-state index contributed by atoms with van der Waals surface area (Å²) in [4.78, 5) is 13.4. The van der Waals surface area contributed by atoms with Crippen LogP contribution in [-0.4, -0.2) is 37.2 Å². The van der Waals surface area contributed by atoms with E-state index in [0.29, 0.717) is 11.4 Å². The molecule has 7 nitrogen and oxygen atoms in total. The minimum atomic E-state index is -0.292. The number of nitriles is 2. The highest BCUT2D eigenvalue weighted by Gasteiger charge is 2.07. The van der Waals surface area contributed by atoms with E-state index in [1.54, 1.807) is 55.4 Å². The fraction of sp³-hybridized carbons (Fsp3) is 0.231. The molecule has 0 aliphatic carbocycles. The van der Waals surface area contributed by atoms with Crippen molar-refractivity contribution < 1.29 is 4.79 Å². The van der Waals surface area contributed by atoms with Crippen LogP contribution in [0.1, 0.15) is 0 Å². The number of hydrazone groups is 1. The first kappa shape index (κ1) is 15.2. The number of nitrogens with zero attached hydrogens (tertiary/aromatic N) is 4. The second-order valence-corrected chi connectivity index (χ2v) is 4.13. The van der Waals surface area contributed by atoms with Crippen molar-refractivity contribution in [3.63, 3.8) is 0 Å². The Morgan fingerprint density at radius 1 is 1.25 bits per heavy atom. The van der Waals surface area contributed by atoms with E-state index in [2.05, 4.69) is 15.8 Å². The molecule has 0 saturated carbocycles. The fourth-order valence-corrected chi connectivity index (χ4v) is 1.36. The quantitative estimate of drug-likeness (QED) is 0.613. The molecule has 1 amide bonds. The van der Waals surface area contributed by atoms with Crippen LogP contribution in [0, 0.1) is 22.7 Å². The Balaban J connectivity index is 2.84. The lowest BCUT2D eigenvalue weighted by atomic mass is 10.2. The summed E-state index contributed by atoms with van der Waals surface area (Å²) in [5.74, 6) is -0.172. The second-order valence-electron chi connectivity index (χ2n) is 4.13. The van der Waals surface area contributed by atoms with Crippen LogP contribution in [0.4, 0.5) is 11.4 Å². The molecule has 0 fully saturated rings. The van der Waals surface area contributed by atoms with Gasteiger partial charge in [-0.05, 0) is 26.2 Å². The molecule has 0 spiro atoms. The highest BCUT2D eigenvalue weighted by molar-refractivity contribution is 6.10. The van der Waals surface area contributed by atoms with Crippen LogP contribution in [0.25, 0.3) is 0 Å². The number of nitrogens with one attached hydrogen (secondary N) is 2. The number of carbonyl (C=O) groups excluding carboxylic acids is 1. The van der Waals surface area contributed by atoms with Gasteiger partial charge in [0.2, 0.25) is 11.6 Å². The van der Waals surface area contributed by atoms with E-state index in [1.807, 2.05) is 0 Å². The molecular formula is C13H14N6O. The van der Waals surface area contributed by atoms with Crippen molar-refractivity contribution in [2.24, 2.45) is 5.10 Å². The van der Waals surface area contributed by atoms with Crippen LogP contribution in [-0.2, 0) is 4.79 Å². The molecular weight excluding hydrogens is 256 g/mol. The van der Waals surface area contributed by atoms with Crippen molar-refractivity contribution in [1.29, 1.82) is 10.5 Å². The normalized spacial score (nSPS) is 9.25. The first-order valence-corrected chi connectivity index (χ1v) is 5.74. The average molecular weight is 270 g/mol. The van der Waals surface area contributed by atoms with Crippen LogP contribution in [0.2, 0.25) is 0 Å². The standard InChI is InChI=1S/C13H14N6O/c1-19(2)9-13(20)16-11-5-3-4-6-12(11)18-17-10(7-14)8-15/h3-6,18H,9H2,1-2H3,(H,16,20). The molecule has 0 aliphatic rings. The molecule has 7 heteroatoms. The Kier molecular flexibility index (Phi) is 5.70. The van der Waals surface area contributed by atoms with E-state index in [4.69, 9.17) is 10.5 Å². The third-order valence-corrected chi connectivity index (χ3v) is 2.16. The van der Waals surface area contributed by atoms with Gasteiger partial charge in [0.1, 0.15) is 12.1 Å². The first-order valence-electron chi connectivity index (χ1n) is 5.74. The van der Waals surface area contributed by atoms with Crippen molar-refractivity contribution in [3.8, 4) is 12.1 Å². The SMILES string of the molecule is CN(C)CC(=O)Nc1ccccc1NN=C(C#N)C#N. The Hall–Kier alpha value is -2.90. The molecule has 102 valence electrons. The lowest BCUT2D eigenvalue weighted by Crippen LogP contribution is -2.27. The molecule has 0 aromatic heterocycles. The van der Waals surface area contributed by atoms with E-state index < -0.39 is 0 Å². The van der Waals surface area contributed by atoms with Crippen LogP contribution in [0.3, 0.4) is 0 Å². The predicted octanol–water partition coefficient (Wildman–Crippen LogP) is 1.00.